The van der Waals surface area contributed by atoms with E-state index >= 15 is 0 Å². The molecule has 0 aliphatic carbocycles. The first-order valence-corrected chi connectivity index (χ1v) is 10.9. The SMILES string of the molecule is C=CCN(C(=O)c1cc(-c2ccc(Cl)cc2)nc2onc(C)c12)c1nc(C)c(C(C)=O)s1. The first kappa shape index (κ1) is 21.9. The molecule has 3 heterocycles. The number of nitrogens with zero attached hydrogens (tertiary/aromatic N) is 4. The number of Topliss-reactive ketones (excluding diaryl/α,β-unsaturated/α-hetero) is 1. The number of pyridine rings is 1. The second kappa shape index (κ2) is 8.64. The van der Waals surface area contributed by atoms with Gasteiger partial charge in [-0.15, -0.1) is 6.58 Å². The number of anilines is 1. The molecule has 162 valence electrons. The highest BCUT2D eigenvalue weighted by Crippen LogP contribution is 2.32. The molecule has 4 aromatic rings. The van der Waals surface area contributed by atoms with E-state index in [0.717, 1.165) is 5.56 Å². The lowest BCUT2D eigenvalue weighted by Gasteiger charge is -2.19. The molecular weight excluding hydrogens is 448 g/mol. The summed E-state index contributed by atoms with van der Waals surface area (Å²) >= 11 is 7.19. The summed E-state index contributed by atoms with van der Waals surface area (Å²) in [7, 11) is 0. The minimum Gasteiger partial charge on any atom is -0.335 e. The van der Waals surface area contributed by atoms with Crippen LogP contribution >= 0.6 is 22.9 Å². The van der Waals surface area contributed by atoms with Gasteiger partial charge in [-0.3, -0.25) is 14.5 Å². The van der Waals surface area contributed by atoms with Crippen LogP contribution < -0.4 is 4.90 Å². The molecular formula is C23H19ClN4O3S. The Morgan fingerprint density at radius 1 is 1.19 bits per heavy atom. The lowest BCUT2D eigenvalue weighted by Crippen LogP contribution is -2.31. The fourth-order valence-corrected chi connectivity index (χ4v) is 4.47. The summed E-state index contributed by atoms with van der Waals surface area (Å²) in [4.78, 5) is 36.7. The van der Waals surface area contributed by atoms with Crippen molar-refractivity contribution in [2.75, 3.05) is 11.4 Å². The number of hydrogen-bond acceptors (Lipinski definition) is 7. The number of ketones is 1. The molecule has 32 heavy (non-hydrogen) atoms. The zero-order valence-electron chi connectivity index (χ0n) is 17.7. The number of aromatic nitrogens is 3. The first-order valence-electron chi connectivity index (χ1n) is 9.74. The van der Waals surface area contributed by atoms with Gasteiger partial charge in [0.05, 0.1) is 32.9 Å². The lowest BCUT2D eigenvalue weighted by atomic mass is 10.0. The highest BCUT2D eigenvalue weighted by molar-refractivity contribution is 7.17. The standard InChI is InChI=1S/C23H19ClN4O3S/c1-5-10-28(23-25-13(3)20(32-23)14(4)29)22(30)17-11-18(15-6-8-16(24)9-7-15)26-21-19(17)12(2)27-31-21/h5-9,11H,1,10H2,2-4H3. The summed E-state index contributed by atoms with van der Waals surface area (Å²) in [6.45, 7) is 8.97. The van der Waals surface area contributed by atoms with Gasteiger partial charge >= 0.3 is 0 Å². The molecule has 0 saturated heterocycles. The summed E-state index contributed by atoms with van der Waals surface area (Å²) in [5, 5.41) is 5.55. The van der Waals surface area contributed by atoms with Gasteiger partial charge in [-0.1, -0.05) is 46.3 Å². The maximum Gasteiger partial charge on any atom is 0.261 e. The zero-order valence-corrected chi connectivity index (χ0v) is 19.3. The number of rotatable bonds is 6. The van der Waals surface area contributed by atoms with E-state index < -0.39 is 0 Å². The molecule has 0 unspecified atom stereocenters. The van der Waals surface area contributed by atoms with Gasteiger partial charge in [0.15, 0.2) is 10.9 Å². The van der Waals surface area contributed by atoms with Crippen LogP contribution in [0.4, 0.5) is 5.13 Å². The van der Waals surface area contributed by atoms with Gasteiger partial charge in [0.25, 0.3) is 11.6 Å². The number of amides is 1. The fourth-order valence-electron chi connectivity index (χ4n) is 3.38. The molecule has 9 heteroatoms. The van der Waals surface area contributed by atoms with E-state index in [0.29, 0.717) is 43.1 Å². The van der Waals surface area contributed by atoms with E-state index in [1.165, 1.54) is 23.2 Å². The predicted octanol–water partition coefficient (Wildman–Crippen LogP) is 5.65. The Morgan fingerprint density at radius 2 is 1.91 bits per heavy atom. The predicted molar refractivity (Wildman–Crippen MR) is 126 cm³/mol. The highest BCUT2D eigenvalue weighted by Gasteiger charge is 2.27. The molecule has 0 fully saturated rings. The molecule has 1 amide bonds. The van der Waals surface area contributed by atoms with Crippen molar-refractivity contribution in [1.82, 2.24) is 15.1 Å². The van der Waals surface area contributed by atoms with Gasteiger partial charge in [0.1, 0.15) is 0 Å². The van der Waals surface area contributed by atoms with Crippen molar-refractivity contribution in [2.45, 2.75) is 20.8 Å². The van der Waals surface area contributed by atoms with Gasteiger partial charge in [-0.25, -0.2) is 9.97 Å². The van der Waals surface area contributed by atoms with Crippen molar-refractivity contribution in [3.05, 3.63) is 69.8 Å². The smallest absolute Gasteiger partial charge is 0.261 e. The number of fused-ring (bicyclic) bond motifs is 1. The van der Waals surface area contributed by atoms with E-state index in [4.69, 9.17) is 16.1 Å². The van der Waals surface area contributed by atoms with Crippen molar-refractivity contribution >= 4 is 50.9 Å². The molecule has 0 N–H and O–H groups in total. The molecule has 0 aliphatic rings. The van der Waals surface area contributed by atoms with Crippen molar-refractivity contribution in [3.63, 3.8) is 0 Å². The van der Waals surface area contributed by atoms with E-state index in [1.54, 1.807) is 38.1 Å². The van der Waals surface area contributed by atoms with Gasteiger partial charge in [0.2, 0.25) is 0 Å². The number of hydrogen-bond donors (Lipinski definition) is 0. The van der Waals surface area contributed by atoms with Gasteiger partial charge in [-0.2, -0.15) is 0 Å². The molecule has 1 aromatic carbocycles. The summed E-state index contributed by atoms with van der Waals surface area (Å²) in [6, 6.07) is 8.85. The summed E-state index contributed by atoms with van der Waals surface area (Å²) < 4.78 is 5.39. The fraction of sp³-hybridized carbons (Fsp3) is 0.174. The number of benzene rings is 1. The Morgan fingerprint density at radius 3 is 2.53 bits per heavy atom. The van der Waals surface area contributed by atoms with Crippen molar-refractivity contribution in [3.8, 4) is 11.3 Å². The first-order chi connectivity index (χ1) is 15.3. The number of carbonyl (C=O) groups excluding carboxylic acids is 2. The van der Waals surface area contributed by atoms with Crippen LogP contribution in [0.2, 0.25) is 5.02 Å². The van der Waals surface area contributed by atoms with Crippen molar-refractivity contribution in [1.29, 1.82) is 0 Å². The van der Waals surface area contributed by atoms with Crippen LogP contribution in [0.15, 0.2) is 47.5 Å². The summed E-state index contributed by atoms with van der Waals surface area (Å²) in [5.41, 5.74) is 3.10. The average Bonchev–Trinajstić information content (AvgIpc) is 3.34. The molecule has 0 saturated carbocycles. The third-order valence-electron chi connectivity index (χ3n) is 4.88. The quantitative estimate of drug-likeness (QED) is 0.269. The molecule has 3 aromatic heterocycles. The van der Waals surface area contributed by atoms with E-state index in [2.05, 4.69) is 21.7 Å². The van der Waals surface area contributed by atoms with Crippen LogP contribution in [0.1, 0.15) is 38.3 Å². The van der Waals surface area contributed by atoms with Crippen molar-refractivity contribution < 1.29 is 14.1 Å². The number of thiazole rings is 1. The van der Waals surface area contributed by atoms with E-state index in [9.17, 15) is 9.59 Å². The molecule has 0 aliphatic heterocycles. The summed E-state index contributed by atoms with van der Waals surface area (Å²) in [5.74, 6) is -0.411. The lowest BCUT2D eigenvalue weighted by molar-refractivity contribution is 0.0988. The molecule has 0 spiro atoms. The third kappa shape index (κ3) is 3.94. The highest BCUT2D eigenvalue weighted by atomic mass is 35.5. The van der Waals surface area contributed by atoms with Gasteiger partial charge < -0.3 is 4.52 Å². The third-order valence-corrected chi connectivity index (χ3v) is 6.41. The number of carbonyl (C=O) groups is 2. The van der Waals surface area contributed by atoms with Crippen LogP contribution in [0.25, 0.3) is 22.4 Å². The van der Waals surface area contributed by atoms with Crippen LogP contribution in [-0.4, -0.2) is 33.4 Å². The molecule has 7 nitrogen and oxygen atoms in total. The maximum absolute atomic E-state index is 13.8. The van der Waals surface area contributed by atoms with Crippen LogP contribution in [0, 0.1) is 13.8 Å². The molecule has 0 radical (unpaired) electrons. The van der Waals surface area contributed by atoms with Crippen LogP contribution in [0.5, 0.6) is 0 Å². The van der Waals surface area contributed by atoms with Gasteiger partial charge in [-0.05, 0) is 32.0 Å². The minimum absolute atomic E-state index is 0.0940. The molecule has 0 bridgehead atoms. The Balaban J connectivity index is 1.87. The average molecular weight is 467 g/mol. The number of aryl methyl sites for hydroxylation is 2. The Labute approximate surface area is 193 Å². The Hall–Kier alpha value is -3.36. The van der Waals surface area contributed by atoms with Crippen LogP contribution in [0.3, 0.4) is 0 Å². The summed E-state index contributed by atoms with van der Waals surface area (Å²) in [6.07, 6.45) is 1.61. The van der Waals surface area contributed by atoms with E-state index in [1.807, 2.05) is 12.1 Å². The minimum atomic E-state index is -0.317. The molecule has 4 rings (SSSR count). The van der Waals surface area contributed by atoms with Crippen molar-refractivity contribution in [2.24, 2.45) is 0 Å². The second-order valence-electron chi connectivity index (χ2n) is 7.18. The maximum atomic E-state index is 13.8. The normalized spacial score (nSPS) is 11.0. The van der Waals surface area contributed by atoms with Crippen LogP contribution in [-0.2, 0) is 0 Å². The largest absolute Gasteiger partial charge is 0.335 e. The number of halogens is 1. The monoisotopic (exact) mass is 466 g/mol. The molecule has 0 atom stereocenters. The second-order valence-corrected chi connectivity index (χ2v) is 8.60. The Bertz CT molecular complexity index is 1360. The van der Waals surface area contributed by atoms with E-state index in [-0.39, 0.29) is 23.9 Å². The van der Waals surface area contributed by atoms with Gasteiger partial charge in [0, 0.05) is 24.1 Å². The zero-order chi connectivity index (χ0) is 23.0. The topological polar surface area (TPSA) is 89.2 Å². The Kier molecular flexibility index (Phi) is 5.90.